The van der Waals surface area contributed by atoms with Crippen molar-refractivity contribution >= 4 is 11.9 Å². The third-order valence-corrected chi connectivity index (χ3v) is 3.76. The lowest BCUT2D eigenvalue weighted by atomic mass is 9.80. The van der Waals surface area contributed by atoms with Crippen LogP contribution in [0.1, 0.15) is 32.6 Å². The minimum atomic E-state index is -0.784. The topological polar surface area (TPSA) is 84.9 Å². The Morgan fingerprint density at radius 1 is 1.47 bits per heavy atom. The molecule has 108 valence electrons. The van der Waals surface area contributed by atoms with Crippen molar-refractivity contribution in [1.82, 2.24) is 5.32 Å². The average Bonchev–Trinajstić information content (AvgIpc) is 2.82. The lowest BCUT2D eigenvalue weighted by Crippen LogP contribution is -2.49. The zero-order valence-electron chi connectivity index (χ0n) is 11.1. The third-order valence-electron chi connectivity index (χ3n) is 3.76. The van der Waals surface area contributed by atoms with E-state index in [1.54, 1.807) is 6.92 Å². The highest BCUT2D eigenvalue weighted by atomic mass is 16.5. The zero-order valence-corrected chi connectivity index (χ0v) is 11.1. The second kappa shape index (κ2) is 6.34. The summed E-state index contributed by atoms with van der Waals surface area (Å²) in [7, 11) is 0. The fourth-order valence-corrected chi connectivity index (χ4v) is 2.36. The normalized spacial score (nSPS) is 31.5. The first-order chi connectivity index (χ1) is 9.06. The van der Waals surface area contributed by atoms with Gasteiger partial charge in [-0.3, -0.25) is 9.59 Å². The molecule has 1 saturated carbocycles. The largest absolute Gasteiger partial charge is 0.481 e. The highest BCUT2D eigenvalue weighted by molar-refractivity contribution is 5.81. The third kappa shape index (κ3) is 3.91. The van der Waals surface area contributed by atoms with Crippen LogP contribution in [-0.4, -0.2) is 48.4 Å². The summed E-state index contributed by atoms with van der Waals surface area (Å²) in [5.74, 6) is -1.27. The Kier molecular flexibility index (Phi) is 4.76. The van der Waals surface area contributed by atoms with Gasteiger partial charge in [-0.05, 0) is 32.6 Å². The molecule has 0 aromatic rings. The molecule has 6 nitrogen and oxygen atoms in total. The van der Waals surface area contributed by atoms with Crippen LogP contribution < -0.4 is 5.32 Å². The highest BCUT2D eigenvalue weighted by Crippen LogP contribution is 2.27. The molecule has 1 saturated heterocycles. The first-order valence-electron chi connectivity index (χ1n) is 6.82. The van der Waals surface area contributed by atoms with Gasteiger partial charge in [-0.2, -0.15) is 0 Å². The van der Waals surface area contributed by atoms with Crippen LogP contribution in [0.15, 0.2) is 0 Å². The molecule has 0 aromatic heterocycles. The van der Waals surface area contributed by atoms with Crippen LogP contribution in [0.4, 0.5) is 0 Å². The summed E-state index contributed by atoms with van der Waals surface area (Å²) < 4.78 is 10.9. The quantitative estimate of drug-likeness (QED) is 0.737. The molecule has 1 heterocycles. The van der Waals surface area contributed by atoms with Gasteiger partial charge in [-0.1, -0.05) is 0 Å². The van der Waals surface area contributed by atoms with Crippen molar-refractivity contribution in [2.45, 2.75) is 50.9 Å². The molecule has 0 radical (unpaired) electrons. The Balaban J connectivity index is 1.61. The predicted octanol–water partition coefficient (Wildman–Crippen LogP) is 0.550. The molecule has 2 atom stereocenters. The van der Waals surface area contributed by atoms with Gasteiger partial charge >= 0.3 is 5.97 Å². The summed E-state index contributed by atoms with van der Waals surface area (Å²) in [6.45, 7) is 2.92. The van der Waals surface area contributed by atoms with Crippen LogP contribution in [0.3, 0.4) is 0 Å². The number of amides is 1. The fraction of sp³-hybridized carbons (Fsp3) is 0.846. The van der Waals surface area contributed by atoms with Crippen molar-refractivity contribution in [3.05, 3.63) is 0 Å². The van der Waals surface area contributed by atoms with Gasteiger partial charge in [-0.15, -0.1) is 0 Å². The fourth-order valence-electron chi connectivity index (χ4n) is 2.36. The summed E-state index contributed by atoms with van der Waals surface area (Å²) in [6.07, 6.45) is 2.65. The molecule has 0 spiro atoms. The summed E-state index contributed by atoms with van der Waals surface area (Å²) in [5.41, 5.74) is 0. The number of ether oxygens (including phenoxy) is 2. The SMILES string of the molecule is CC(OCC1CCCO1)C(=O)NC1CC(C(=O)O)C1. The van der Waals surface area contributed by atoms with Crippen LogP contribution in [0, 0.1) is 5.92 Å². The van der Waals surface area contributed by atoms with E-state index < -0.39 is 12.1 Å². The van der Waals surface area contributed by atoms with Gasteiger partial charge in [0.05, 0.1) is 18.6 Å². The molecule has 19 heavy (non-hydrogen) atoms. The van der Waals surface area contributed by atoms with E-state index >= 15 is 0 Å². The van der Waals surface area contributed by atoms with E-state index in [9.17, 15) is 9.59 Å². The van der Waals surface area contributed by atoms with Crippen molar-refractivity contribution in [3.8, 4) is 0 Å². The second-order valence-corrected chi connectivity index (χ2v) is 5.32. The van der Waals surface area contributed by atoms with Gasteiger partial charge in [-0.25, -0.2) is 0 Å². The predicted molar refractivity (Wildman–Crippen MR) is 66.7 cm³/mol. The first kappa shape index (κ1) is 14.3. The van der Waals surface area contributed by atoms with Crippen LogP contribution in [-0.2, 0) is 19.1 Å². The van der Waals surface area contributed by atoms with E-state index in [1.807, 2.05) is 0 Å². The molecule has 2 fully saturated rings. The molecular formula is C13H21NO5. The Morgan fingerprint density at radius 3 is 2.79 bits per heavy atom. The molecule has 6 heteroatoms. The number of carboxylic acids is 1. The van der Waals surface area contributed by atoms with E-state index in [1.165, 1.54) is 0 Å². The molecule has 2 aliphatic rings. The lowest BCUT2D eigenvalue weighted by Gasteiger charge is -2.33. The maximum Gasteiger partial charge on any atom is 0.306 e. The van der Waals surface area contributed by atoms with Gasteiger partial charge in [0.15, 0.2) is 0 Å². The summed E-state index contributed by atoms with van der Waals surface area (Å²) >= 11 is 0. The van der Waals surface area contributed by atoms with E-state index in [4.69, 9.17) is 14.6 Å². The van der Waals surface area contributed by atoms with E-state index in [2.05, 4.69) is 5.32 Å². The molecule has 1 aliphatic heterocycles. The molecule has 2 N–H and O–H groups in total. The van der Waals surface area contributed by atoms with Crippen LogP contribution in [0.2, 0.25) is 0 Å². The summed E-state index contributed by atoms with van der Waals surface area (Å²) in [4.78, 5) is 22.4. The highest BCUT2D eigenvalue weighted by Gasteiger charge is 2.36. The van der Waals surface area contributed by atoms with E-state index in [-0.39, 0.29) is 24.0 Å². The average molecular weight is 271 g/mol. The minimum Gasteiger partial charge on any atom is -0.481 e. The number of carbonyl (C=O) groups is 2. The molecule has 1 amide bonds. The Morgan fingerprint density at radius 2 is 2.21 bits per heavy atom. The van der Waals surface area contributed by atoms with Gasteiger partial charge in [0.25, 0.3) is 0 Å². The standard InChI is InChI=1S/C13H21NO5/c1-8(19-7-11-3-2-4-18-11)12(15)14-10-5-9(6-10)13(16)17/h8-11H,2-7H2,1H3,(H,14,15)(H,16,17). The van der Waals surface area contributed by atoms with Gasteiger partial charge in [0, 0.05) is 12.6 Å². The Bertz CT molecular complexity index is 334. The summed E-state index contributed by atoms with van der Waals surface area (Å²) in [5, 5.41) is 11.6. The molecule has 0 bridgehead atoms. The lowest BCUT2D eigenvalue weighted by molar-refractivity contribution is -0.147. The first-order valence-corrected chi connectivity index (χ1v) is 6.82. The minimum absolute atomic E-state index is 0.0256. The number of carboxylic acid groups (broad SMARTS) is 1. The van der Waals surface area contributed by atoms with Crippen LogP contribution in [0.25, 0.3) is 0 Å². The number of carbonyl (C=O) groups excluding carboxylic acids is 1. The van der Waals surface area contributed by atoms with Crippen molar-refractivity contribution in [2.24, 2.45) is 5.92 Å². The second-order valence-electron chi connectivity index (χ2n) is 5.32. The number of aliphatic carboxylic acids is 1. The monoisotopic (exact) mass is 271 g/mol. The molecular weight excluding hydrogens is 250 g/mol. The number of nitrogens with one attached hydrogen (secondary N) is 1. The molecule has 2 unspecified atom stereocenters. The van der Waals surface area contributed by atoms with Crippen molar-refractivity contribution < 1.29 is 24.2 Å². The van der Waals surface area contributed by atoms with Crippen molar-refractivity contribution in [2.75, 3.05) is 13.2 Å². The van der Waals surface area contributed by atoms with Crippen LogP contribution in [0.5, 0.6) is 0 Å². The molecule has 0 aromatic carbocycles. The Hall–Kier alpha value is -1.14. The van der Waals surface area contributed by atoms with Gasteiger partial charge in [0.2, 0.25) is 5.91 Å². The van der Waals surface area contributed by atoms with Gasteiger partial charge < -0.3 is 19.9 Å². The van der Waals surface area contributed by atoms with E-state index in [0.717, 1.165) is 19.4 Å². The molecule has 1 aliphatic carbocycles. The van der Waals surface area contributed by atoms with Crippen molar-refractivity contribution in [1.29, 1.82) is 0 Å². The Labute approximate surface area is 112 Å². The van der Waals surface area contributed by atoms with Crippen molar-refractivity contribution in [3.63, 3.8) is 0 Å². The maximum atomic E-state index is 11.8. The zero-order chi connectivity index (χ0) is 13.8. The number of rotatable bonds is 6. The van der Waals surface area contributed by atoms with E-state index in [0.29, 0.717) is 19.4 Å². The molecule has 2 rings (SSSR count). The maximum absolute atomic E-state index is 11.8. The smallest absolute Gasteiger partial charge is 0.306 e. The number of hydrogen-bond donors (Lipinski definition) is 2. The van der Waals surface area contributed by atoms with Crippen LogP contribution >= 0.6 is 0 Å². The number of hydrogen-bond acceptors (Lipinski definition) is 4. The summed E-state index contributed by atoms with van der Waals surface area (Å²) in [6, 6.07) is -0.0256. The van der Waals surface area contributed by atoms with Gasteiger partial charge in [0.1, 0.15) is 6.10 Å².